The standard InChI is InChI=1S/C16H11F3N2O2S/c17-16(18,19)9-1-3-10(4-2-9)21-7-6-15(23)12(22)11-5-8-24-13(11)20-14(15)21/h1-5,8,23H,6-7H2. The largest absolute Gasteiger partial charge is 0.416 e. The van der Waals surface area contributed by atoms with Gasteiger partial charge in [-0.05, 0) is 35.7 Å². The van der Waals surface area contributed by atoms with E-state index in [-0.39, 0.29) is 12.3 Å². The van der Waals surface area contributed by atoms with Gasteiger partial charge in [0.05, 0.1) is 11.1 Å². The molecule has 0 radical (unpaired) electrons. The molecule has 24 heavy (non-hydrogen) atoms. The first-order valence-corrected chi connectivity index (χ1v) is 8.07. The highest BCUT2D eigenvalue weighted by Crippen LogP contribution is 2.42. The fraction of sp³-hybridized carbons (Fsp3) is 0.250. The van der Waals surface area contributed by atoms with E-state index < -0.39 is 23.1 Å². The number of fused-ring (bicyclic) bond motifs is 2. The van der Waals surface area contributed by atoms with Crippen LogP contribution in [0.2, 0.25) is 0 Å². The van der Waals surface area contributed by atoms with Gasteiger partial charge in [-0.2, -0.15) is 13.2 Å². The van der Waals surface area contributed by atoms with Gasteiger partial charge in [0.2, 0.25) is 5.78 Å². The lowest BCUT2D eigenvalue weighted by Crippen LogP contribution is -2.48. The van der Waals surface area contributed by atoms with Gasteiger partial charge < -0.3 is 10.0 Å². The molecule has 1 N–H and O–H groups in total. The quantitative estimate of drug-likeness (QED) is 0.853. The number of ketones is 1. The first-order chi connectivity index (χ1) is 11.3. The lowest BCUT2D eigenvalue weighted by Gasteiger charge is -2.28. The third-order valence-corrected chi connectivity index (χ3v) is 5.11. The van der Waals surface area contributed by atoms with Crippen LogP contribution in [0.1, 0.15) is 22.3 Å². The minimum absolute atomic E-state index is 0.154. The number of carbonyl (C=O) groups excluding carboxylic acids is 1. The Balaban J connectivity index is 1.75. The maximum absolute atomic E-state index is 12.7. The number of nitrogens with zero attached hydrogens (tertiary/aromatic N) is 2. The first kappa shape index (κ1) is 15.3. The number of thiophene rings is 1. The Morgan fingerprint density at radius 2 is 1.92 bits per heavy atom. The number of alkyl halides is 3. The number of aliphatic hydroxyl groups is 1. The summed E-state index contributed by atoms with van der Waals surface area (Å²) >= 11 is 1.28. The monoisotopic (exact) mass is 352 g/mol. The maximum atomic E-state index is 12.7. The Kier molecular flexibility index (Phi) is 3.14. The normalized spacial score (nSPS) is 23.1. The zero-order valence-electron chi connectivity index (χ0n) is 12.2. The number of Topliss-reactive ketones (excluding diaryl/α,β-unsaturated/α-hetero) is 1. The maximum Gasteiger partial charge on any atom is 0.416 e. The van der Waals surface area contributed by atoms with Gasteiger partial charge in [0.25, 0.3) is 0 Å². The summed E-state index contributed by atoms with van der Waals surface area (Å²) in [6, 6.07) is 6.24. The van der Waals surface area contributed by atoms with Crippen molar-refractivity contribution in [1.29, 1.82) is 0 Å². The van der Waals surface area contributed by atoms with Crippen LogP contribution >= 0.6 is 11.3 Å². The van der Waals surface area contributed by atoms with Gasteiger partial charge in [0.15, 0.2) is 11.4 Å². The van der Waals surface area contributed by atoms with Gasteiger partial charge in [-0.25, -0.2) is 4.99 Å². The van der Waals surface area contributed by atoms with E-state index in [9.17, 15) is 23.1 Å². The topological polar surface area (TPSA) is 52.9 Å². The summed E-state index contributed by atoms with van der Waals surface area (Å²) < 4.78 is 38.1. The number of anilines is 1. The predicted octanol–water partition coefficient (Wildman–Crippen LogP) is 3.63. The molecule has 1 fully saturated rings. The van der Waals surface area contributed by atoms with Crippen LogP contribution in [0.3, 0.4) is 0 Å². The van der Waals surface area contributed by atoms with Crippen molar-refractivity contribution in [2.24, 2.45) is 4.99 Å². The molecule has 124 valence electrons. The number of halogens is 3. The molecule has 3 heterocycles. The molecule has 4 nitrogen and oxygen atoms in total. The van der Waals surface area contributed by atoms with E-state index in [2.05, 4.69) is 4.99 Å². The van der Waals surface area contributed by atoms with Gasteiger partial charge in [0, 0.05) is 18.7 Å². The predicted molar refractivity (Wildman–Crippen MR) is 84.1 cm³/mol. The molecule has 2 aromatic rings. The van der Waals surface area contributed by atoms with Crippen LogP contribution < -0.4 is 4.90 Å². The first-order valence-electron chi connectivity index (χ1n) is 7.19. The highest BCUT2D eigenvalue weighted by molar-refractivity contribution is 7.14. The minimum Gasteiger partial charge on any atom is -0.374 e. The molecule has 0 bridgehead atoms. The molecule has 0 saturated carbocycles. The van der Waals surface area contributed by atoms with Gasteiger partial charge in [0.1, 0.15) is 5.00 Å². The summed E-state index contributed by atoms with van der Waals surface area (Å²) in [7, 11) is 0. The van der Waals surface area contributed by atoms with Crippen LogP contribution in [-0.2, 0) is 6.18 Å². The van der Waals surface area contributed by atoms with Crippen LogP contribution in [-0.4, -0.2) is 28.9 Å². The van der Waals surface area contributed by atoms with Gasteiger partial charge in [-0.3, -0.25) is 4.79 Å². The summed E-state index contributed by atoms with van der Waals surface area (Å²) in [5.41, 5.74) is -1.61. The third kappa shape index (κ3) is 2.10. The lowest BCUT2D eigenvalue weighted by molar-refractivity contribution is -0.137. The zero-order valence-corrected chi connectivity index (χ0v) is 13.0. The average Bonchev–Trinajstić information content (AvgIpc) is 3.13. The minimum atomic E-state index is -4.41. The molecule has 1 unspecified atom stereocenters. The second-order valence-electron chi connectivity index (χ2n) is 5.71. The molecule has 2 aliphatic heterocycles. The van der Waals surface area contributed by atoms with Crippen molar-refractivity contribution in [1.82, 2.24) is 0 Å². The summed E-state index contributed by atoms with van der Waals surface area (Å²) in [6.45, 7) is 0.307. The Morgan fingerprint density at radius 3 is 2.58 bits per heavy atom. The number of hydrogen-bond acceptors (Lipinski definition) is 5. The highest BCUT2D eigenvalue weighted by atomic mass is 32.1. The second kappa shape index (κ2) is 4.90. The van der Waals surface area contributed by atoms with E-state index in [4.69, 9.17) is 0 Å². The summed E-state index contributed by atoms with van der Waals surface area (Å²) in [6.07, 6.45) is -4.25. The van der Waals surface area contributed by atoms with Crippen molar-refractivity contribution in [2.45, 2.75) is 18.2 Å². The number of aliphatic imine (C=N–C) groups is 1. The Labute approximate surface area is 138 Å². The van der Waals surface area contributed by atoms with Crippen molar-refractivity contribution in [3.63, 3.8) is 0 Å². The smallest absolute Gasteiger partial charge is 0.374 e. The van der Waals surface area contributed by atoms with E-state index >= 15 is 0 Å². The number of rotatable bonds is 1. The van der Waals surface area contributed by atoms with Gasteiger partial charge in [-0.1, -0.05) is 0 Å². The molecule has 8 heteroatoms. The third-order valence-electron chi connectivity index (χ3n) is 4.30. The molecule has 2 aliphatic rings. The average molecular weight is 352 g/mol. The van der Waals surface area contributed by atoms with Crippen molar-refractivity contribution in [3.05, 3.63) is 46.8 Å². The van der Waals surface area contributed by atoms with Crippen molar-refractivity contribution < 1.29 is 23.1 Å². The van der Waals surface area contributed by atoms with E-state index in [1.165, 1.54) is 23.5 Å². The number of carbonyl (C=O) groups is 1. The zero-order chi connectivity index (χ0) is 17.1. The molecule has 1 aromatic heterocycles. The Bertz CT molecular complexity index is 857. The Hall–Kier alpha value is -2.19. The van der Waals surface area contributed by atoms with Crippen LogP contribution in [0, 0.1) is 0 Å². The van der Waals surface area contributed by atoms with E-state index in [0.29, 0.717) is 22.8 Å². The second-order valence-corrected chi connectivity index (χ2v) is 6.61. The number of hydrogen-bond donors (Lipinski definition) is 1. The van der Waals surface area contributed by atoms with Crippen molar-refractivity contribution in [2.75, 3.05) is 11.4 Å². The lowest BCUT2D eigenvalue weighted by atomic mass is 9.90. The molecule has 1 saturated heterocycles. The summed E-state index contributed by atoms with van der Waals surface area (Å²) in [5, 5.41) is 13.0. The molecule has 1 atom stereocenters. The summed E-state index contributed by atoms with van der Waals surface area (Å²) in [4.78, 5) is 18.5. The molecular weight excluding hydrogens is 341 g/mol. The van der Waals surface area contributed by atoms with Crippen LogP contribution in [0.15, 0.2) is 40.7 Å². The van der Waals surface area contributed by atoms with Crippen LogP contribution in [0.4, 0.5) is 23.9 Å². The molecule has 0 spiro atoms. The van der Waals surface area contributed by atoms with E-state index in [0.717, 1.165) is 12.1 Å². The fourth-order valence-electron chi connectivity index (χ4n) is 3.04. The van der Waals surface area contributed by atoms with Crippen LogP contribution in [0.5, 0.6) is 0 Å². The molecule has 1 aromatic carbocycles. The van der Waals surface area contributed by atoms with Gasteiger partial charge >= 0.3 is 6.18 Å². The van der Waals surface area contributed by atoms with Crippen LogP contribution in [0.25, 0.3) is 0 Å². The molecule has 0 aliphatic carbocycles. The number of benzene rings is 1. The van der Waals surface area contributed by atoms with Gasteiger partial charge in [-0.15, -0.1) is 11.3 Å². The van der Waals surface area contributed by atoms with Crippen molar-refractivity contribution >= 4 is 33.6 Å². The van der Waals surface area contributed by atoms with E-state index in [1.807, 2.05) is 0 Å². The molecular formula is C16H11F3N2O2S. The summed E-state index contributed by atoms with van der Waals surface area (Å²) in [5.74, 6) is -0.222. The Morgan fingerprint density at radius 1 is 1.21 bits per heavy atom. The fourth-order valence-corrected chi connectivity index (χ4v) is 3.80. The van der Waals surface area contributed by atoms with Crippen molar-refractivity contribution in [3.8, 4) is 0 Å². The van der Waals surface area contributed by atoms with E-state index in [1.54, 1.807) is 16.3 Å². The molecule has 4 rings (SSSR count). The molecule has 0 amide bonds. The highest BCUT2D eigenvalue weighted by Gasteiger charge is 2.52. The SMILES string of the molecule is O=C1c2ccsc2N=C2N(c3ccc(C(F)(F)F)cc3)CCC12O. The number of amidine groups is 1.